The number of aliphatic imine (C=N–C) groups is 1. The summed E-state index contributed by atoms with van der Waals surface area (Å²) in [4.78, 5) is 15.9. The monoisotopic (exact) mass is 567 g/mol. The van der Waals surface area contributed by atoms with Gasteiger partial charge in [0, 0.05) is 41.5 Å². The molecule has 1 amide bonds. The van der Waals surface area contributed by atoms with Crippen LogP contribution in [0.3, 0.4) is 0 Å². The van der Waals surface area contributed by atoms with Crippen molar-refractivity contribution in [1.82, 2.24) is 5.32 Å². The first kappa shape index (κ1) is 30.0. The van der Waals surface area contributed by atoms with Crippen molar-refractivity contribution in [3.8, 4) is 5.75 Å². The number of nitrogens with zero attached hydrogens (tertiary/aromatic N) is 1. The van der Waals surface area contributed by atoms with Crippen molar-refractivity contribution in [2.75, 3.05) is 42.4 Å². The fraction of sp³-hybridized carbons (Fsp3) is 0.400. The minimum atomic E-state index is -0.973. The number of rotatable bonds is 12. The Labute approximate surface area is 240 Å². The lowest BCUT2D eigenvalue weighted by Crippen LogP contribution is -2.49. The van der Waals surface area contributed by atoms with Gasteiger partial charge >= 0.3 is 0 Å². The van der Waals surface area contributed by atoms with Gasteiger partial charge in [-0.05, 0) is 48.5 Å². The smallest absolute Gasteiger partial charge is 0.282 e. The molecule has 1 atom stereocenters. The molecule has 2 aromatic carbocycles. The number of ether oxygens (including phenoxy) is 4. The predicted octanol–water partition coefficient (Wildman–Crippen LogP) is 5.35. The zero-order valence-corrected chi connectivity index (χ0v) is 23.7. The first-order chi connectivity index (χ1) is 19.7. The molecule has 41 heavy (non-hydrogen) atoms. The second-order valence-electron chi connectivity index (χ2n) is 10.4. The molecular formula is C30H38FN5O5. The Kier molecular flexibility index (Phi) is 9.98. The summed E-state index contributed by atoms with van der Waals surface area (Å²) in [5.41, 5.74) is 1.86. The Bertz CT molecular complexity index is 1250. The second kappa shape index (κ2) is 13.6. The fourth-order valence-electron chi connectivity index (χ4n) is 3.98. The normalized spacial score (nSPS) is 19.2. The molecule has 0 aliphatic carbocycles. The van der Waals surface area contributed by atoms with Gasteiger partial charge in [-0.3, -0.25) is 4.79 Å². The molecular weight excluding hydrogens is 529 g/mol. The summed E-state index contributed by atoms with van der Waals surface area (Å²) in [7, 11) is 0. The highest BCUT2D eigenvalue weighted by atomic mass is 19.1. The minimum Gasteiger partial charge on any atom is -0.494 e. The van der Waals surface area contributed by atoms with Crippen LogP contribution in [0, 0.1) is 5.41 Å². The van der Waals surface area contributed by atoms with Gasteiger partial charge in [0.2, 0.25) is 5.91 Å². The molecule has 0 saturated carbocycles. The maximum absolute atomic E-state index is 14.5. The van der Waals surface area contributed by atoms with E-state index in [1.54, 1.807) is 24.3 Å². The minimum absolute atomic E-state index is 0.0169. The van der Waals surface area contributed by atoms with E-state index < -0.39 is 18.1 Å². The van der Waals surface area contributed by atoms with Crippen LogP contribution in [0.15, 0.2) is 78.2 Å². The van der Waals surface area contributed by atoms with E-state index in [2.05, 4.69) is 46.7 Å². The van der Waals surface area contributed by atoms with E-state index in [1.165, 1.54) is 12.3 Å². The van der Waals surface area contributed by atoms with E-state index in [0.717, 1.165) is 5.69 Å². The van der Waals surface area contributed by atoms with Crippen LogP contribution in [-0.4, -0.2) is 50.4 Å². The van der Waals surface area contributed by atoms with Crippen LogP contribution in [-0.2, 0) is 19.0 Å². The number of anilines is 3. The average molecular weight is 568 g/mol. The van der Waals surface area contributed by atoms with Crippen molar-refractivity contribution >= 4 is 28.8 Å². The van der Waals surface area contributed by atoms with E-state index in [4.69, 9.17) is 18.9 Å². The Morgan fingerprint density at radius 3 is 2.59 bits per heavy atom. The highest BCUT2D eigenvalue weighted by Crippen LogP contribution is 2.32. The van der Waals surface area contributed by atoms with Crippen LogP contribution >= 0.6 is 0 Å². The third-order valence-electron chi connectivity index (χ3n) is 6.27. The molecule has 2 aliphatic heterocycles. The summed E-state index contributed by atoms with van der Waals surface area (Å²) in [6.07, 6.45) is 3.10. The predicted molar refractivity (Wildman–Crippen MR) is 157 cm³/mol. The van der Waals surface area contributed by atoms with Gasteiger partial charge in [0.05, 0.1) is 26.4 Å². The maximum atomic E-state index is 14.5. The van der Waals surface area contributed by atoms with Crippen LogP contribution < -0.4 is 26.0 Å². The van der Waals surface area contributed by atoms with Gasteiger partial charge in [-0.15, -0.1) is 0 Å². The molecule has 1 fully saturated rings. The van der Waals surface area contributed by atoms with Gasteiger partial charge in [-0.2, -0.15) is 0 Å². The number of nitrogens with one attached hydrogen (secondary N) is 4. The van der Waals surface area contributed by atoms with Gasteiger partial charge in [0.25, 0.3) is 5.97 Å². The fourth-order valence-corrected chi connectivity index (χ4v) is 3.98. The van der Waals surface area contributed by atoms with Gasteiger partial charge in [-0.1, -0.05) is 33.4 Å². The molecule has 0 spiro atoms. The SMILES string of the molecule is C=CC(=O)Nc1cccc(NC2=NC(Nc3ccc(OCCCOC4(CC)OCC(C)(C)CO4)cc3)NC=C2F)c1. The molecule has 0 aromatic heterocycles. The lowest BCUT2D eigenvalue weighted by molar-refractivity contribution is -0.418. The first-order valence-electron chi connectivity index (χ1n) is 13.6. The van der Waals surface area contributed by atoms with Crippen LogP contribution in [0.5, 0.6) is 5.75 Å². The van der Waals surface area contributed by atoms with Crippen molar-refractivity contribution in [2.24, 2.45) is 10.4 Å². The third kappa shape index (κ3) is 8.78. The summed E-state index contributed by atoms with van der Waals surface area (Å²) < 4.78 is 38.0. The number of hydrogen-bond acceptors (Lipinski definition) is 9. The average Bonchev–Trinajstić information content (AvgIpc) is 2.97. The Morgan fingerprint density at radius 1 is 1.15 bits per heavy atom. The lowest BCUT2D eigenvalue weighted by Gasteiger charge is -2.42. The highest BCUT2D eigenvalue weighted by Gasteiger charge is 2.40. The van der Waals surface area contributed by atoms with E-state index in [0.29, 0.717) is 56.4 Å². The van der Waals surface area contributed by atoms with Crippen LogP contribution in [0.25, 0.3) is 0 Å². The zero-order chi connectivity index (χ0) is 29.3. The zero-order valence-electron chi connectivity index (χ0n) is 23.7. The van der Waals surface area contributed by atoms with Crippen molar-refractivity contribution in [3.63, 3.8) is 0 Å². The lowest BCUT2D eigenvalue weighted by atomic mass is 9.95. The van der Waals surface area contributed by atoms with E-state index >= 15 is 0 Å². The van der Waals surface area contributed by atoms with Crippen molar-refractivity contribution in [1.29, 1.82) is 0 Å². The molecule has 2 aromatic rings. The number of halogens is 1. The van der Waals surface area contributed by atoms with E-state index in [1.807, 2.05) is 31.2 Å². The third-order valence-corrected chi connectivity index (χ3v) is 6.27. The number of carbonyl (C=O) groups excluding carboxylic acids is 1. The highest BCUT2D eigenvalue weighted by molar-refractivity contribution is 6.07. The summed E-state index contributed by atoms with van der Waals surface area (Å²) in [6.45, 7) is 11.7. The largest absolute Gasteiger partial charge is 0.494 e. The van der Waals surface area contributed by atoms with Crippen molar-refractivity contribution < 1.29 is 28.1 Å². The Hall–Kier alpha value is -3.93. The van der Waals surface area contributed by atoms with Gasteiger partial charge < -0.3 is 40.2 Å². The molecule has 2 aliphatic rings. The number of carbonyl (C=O) groups is 1. The Morgan fingerprint density at radius 2 is 1.88 bits per heavy atom. The molecule has 0 bridgehead atoms. The molecule has 2 heterocycles. The van der Waals surface area contributed by atoms with E-state index in [-0.39, 0.29) is 17.2 Å². The molecule has 0 radical (unpaired) electrons. The standard InChI is InChI=1S/C30H38FN5O5/c1-5-26(37)33-22-9-7-10-23(17-22)34-27-25(31)18-32-28(36-27)35-21-11-13-24(14-12-21)38-15-8-16-39-30(6-2)40-19-29(3,4)20-41-30/h5,7,9-14,17-18,28,32,35H,1,6,8,15-16,19-20H2,2-4H3,(H,33,37)(H,34,36). The number of amidine groups is 1. The van der Waals surface area contributed by atoms with E-state index in [9.17, 15) is 9.18 Å². The topological polar surface area (TPSA) is 114 Å². The van der Waals surface area contributed by atoms with Crippen molar-refractivity contribution in [2.45, 2.75) is 45.9 Å². The number of benzene rings is 2. The van der Waals surface area contributed by atoms with Crippen LogP contribution in [0.4, 0.5) is 21.5 Å². The molecule has 1 unspecified atom stereocenters. The molecule has 4 rings (SSSR count). The first-order valence-corrected chi connectivity index (χ1v) is 13.6. The molecule has 1 saturated heterocycles. The van der Waals surface area contributed by atoms with Crippen LogP contribution in [0.2, 0.25) is 0 Å². The molecule has 11 heteroatoms. The number of hydrogen-bond donors (Lipinski definition) is 4. The Balaban J connectivity index is 1.23. The summed E-state index contributed by atoms with van der Waals surface area (Å²) in [5, 5.41) is 11.7. The summed E-state index contributed by atoms with van der Waals surface area (Å²) in [5.74, 6) is -1.10. The molecule has 4 N–H and O–H groups in total. The van der Waals surface area contributed by atoms with Crippen LogP contribution in [0.1, 0.15) is 33.6 Å². The second-order valence-corrected chi connectivity index (χ2v) is 10.4. The van der Waals surface area contributed by atoms with Gasteiger partial charge in [-0.25, -0.2) is 9.38 Å². The number of amides is 1. The van der Waals surface area contributed by atoms with Gasteiger partial charge in [0.1, 0.15) is 5.75 Å². The molecule has 220 valence electrons. The summed E-state index contributed by atoms with van der Waals surface area (Å²) in [6, 6.07) is 14.3. The quantitative estimate of drug-likeness (QED) is 0.200. The van der Waals surface area contributed by atoms with Crippen molar-refractivity contribution in [3.05, 3.63) is 73.2 Å². The molecule has 10 nitrogen and oxygen atoms in total. The summed E-state index contributed by atoms with van der Waals surface area (Å²) >= 11 is 0. The van der Waals surface area contributed by atoms with Gasteiger partial charge in [0.15, 0.2) is 18.0 Å². The maximum Gasteiger partial charge on any atom is 0.282 e.